The van der Waals surface area contributed by atoms with Gasteiger partial charge >= 0.3 is 0 Å². The van der Waals surface area contributed by atoms with Crippen molar-refractivity contribution in [2.45, 2.75) is 0 Å². The molecule has 39 heavy (non-hydrogen) atoms. The van der Waals surface area contributed by atoms with Gasteiger partial charge in [-0.25, -0.2) is 9.97 Å². The molecule has 0 aliphatic carbocycles. The van der Waals surface area contributed by atoms with E-state index in [-0.39, 0.29) is 5.91 Å². The van der Waals surface area contributed by atoms with Crippen LogP contribution in [-0.4, -0.2) is 58.6 Å². The SMILES string of the molecule is COc1cccc(-n2cc(-c3ccccc3)c3c(N4CCN(C(=O)c5ccc(Cl)cc5Cl)CC4)ncnc32)c1. The van der Waals surface area contributed by atoms with Gasteiger partial charge in [0.05, 0.1) is 28.8 Å². The first-order valence-electron chi connectivity index (χ1n) is 12.6. The van der Waals surface area contributed by atoms with Crippen molar-refractivity contribution in [2.75, 3.05) is 38.2 Å². The van der Waals surface area contributed by atoms with Crippen molar-refractivity contribution in [3.8, 4) is 22.6 Å². The van der Waals surface area contributed by atoms with E-state index in [1.165, 1.54) is 0 Å². The highest BCUT2D eigenvalue weighted by atomic mass is 35.5. The first-order valence-corrected chi connectivity index (χ1v) is 13.3. The maximum absolute atomic E-state index is 13.2. The van der Waals surface area contributed by atoms with Crippen LogP contribution in [0.1, 0.15) is 10.4 Å². The summed E-state index contributed by atoms with van der Waals surface area (Å²) in [5.74, 6) is 1.52. The summed E-state index contributed by atoms with van der Waals surface area (Å²) >= 11 is 12.3. The van der Waals surface area contributed by atoms with Crippen molar-refractivity contribution < 1.29 is 9.53 Å². The number of piperazine rings is 1. The van der Waals surface area contributed by atoms with Crippen molar-refractivity contribution in [1.29, 1.82) is 0 Å². The van der Waals surface area contributed by atoms with Crippen molar-refractivity contribution in [3.05, 3.63) is 101 Å². The number of carbonyl (C=O) groups excluding carboxylic acids is 1. The number of ether oxygens (including phenoxy) is 1. The van der Waals surface area contributed by atoms with E-state index in [1.807, 2.05) is 47.4 Å². The Labute approximate surface area is 236 Å². The van der Waals surface area contributed by atoms with E-state index in [0.29, 0.717) is 41.8 Å². The molecule has 5 aromatic rings. The summed E-state index contributed by atoms with van der Waals surface area (Å²) in [5, 5.41) is 1.83. The third-order valence-electron chi connectivity index (χ3n) is 7.01. The van der Waals surface area contributed by atoms with E-state index in [1.54, 1.807) is 31.6 Å². The summed E-state index contributed by atoms with van der Waals surface area (Å²) < 4.78 is 7.55. The fourth-order valence-corrected chi connectivity index (χ4v) is 5.52. The molecule has 1 fully saturated rings. The van der Waals surface area contributed by atoms with Crippen molar-refractivity contribution in [3.63, 3.8) is 0 Å². The Hall–Kier alpha value is -4.07. The smallest absolute Gasteiger partial charge is 0.255 e. The fraction of sp³-hybridized carbons (Fsp3) is 0.167. The number of fused-ring (bicyclic) bond motifs is 1. The van der Waals surface area contributed by atoms with Crippen molar-refractivity contribution >= 4 is 46.0 Å². The number of amides is 1. The van der Waals surface area contributed by atoms with Crippen molar-refractivity contribution in [2.24, 2.45) is 0 Å². The number of hydrogen-bond acceptors (Lipinski definition) is 5. The van der Waals surface area contributed by atoms with Crippen LogP contribution < -0.4 is 9.64 Å². The van der Waals surface area contributed by atoms with Gasteiger partial charge in [0.15, 0.2) is 5.65 Å². The fourth-order valence-electron chi connectivity index (χ4n) is 5.03. The van der Waals surface area contributed by atoms with Gasteiger partial charge in [-0.2, -0.15) is 0 Å². The standard InChI is InChI=1S/C30H25Cl2N5O2/c1-39-23-9-5-8-22(17-23)37-18-25(20-6-3-2-4-7-20)27-28(33-19-34-29(27)37)35-12-14-36(15-13-35)30(38)24-11-10-21(31)16-26(24)32/h2-11,16-19H,12-15H2,1H3. The molecule has 1 aliphatic heterocycles. The Morgan fingerprint density at radius 2 is 1.69 bits per heavy atom. The zero-order valence-electron chi connectivity index (χ0n) is 21.2. The number of carbonyl (C=O) groups is 1. The molecular weight excluding hydrogens is 533 g/mol. The van der Waals surface area contributed by atoms with Gasteiger partial charge in [-0.05, 0) is 35.9 Å². The summed E-state index contributed by atoms with van der Waals surface area (Å²) in [7, 11) is 1.66. The van der Waals surface area contributed by atoms with E-state index in [9.17, 15) is 4.79 Å². The Morgan fingerprint density at radius 1 is 0.897 bits per heavy atom. The number of nitrogens with zero attached hydrogens (tertiary/aromatic N) is 5. The molecule has 196 valence electrons. The second-order valence-electron chi connectivity index (χ2n) is 9.28. The van der Waals surface area contributed by atoms with Crippen LogP contribution in [0.15, 0.2) is 85.3 Å². The normalized spacial score (nSPS) is 13.6. The molecule has 0 unspecified atom stereocenters. The van der Waals surface area contributed by atoms with Crippen LogP contribution in [0.2, 0.25) is 10.0 Å². The molecule has 0 spiro atoms. The van der Waals surface area contributed by atoms with Crippen LogP contribution in [0.4, 0.5) is 5.82 Å². The first-order chi connectivity index (χ1) is 19.0. The Balaban J connectivity index is 1.37. The molecule has 1 aliphatic rings. The molecule has 0 radical (unpaired) electrons. The van der Waals surface area contributed by atoms with Gasteiger partial charge in [0, 0.05) is 49.0 Å². The quantitative estimate of drug-likeness (QED) is 0.251. The third kappa shape index (κ3) is 4.80. The van der Waals surface area contributed by atoms with Crippen LogP contribution in [0.3, 0.4) is 0 Å². The lowest BCUT2D eigenvalue weighted by atomic mass is 10.1. The maximum Gasteiger partial charge on any atom is 0.255 e. The largest absolute Gasteiger partial charge is 0.497 e. The minimum atomic E-state index is -0.0988. The van der Waals surface area contributed by atoms with Gasteiger partial charge in [0.1, 0.15) is 17.9 Å². The van der Waals surface area contributed by atoms with Gasteiger partial charge in [-0.1, -0.05) is 59.6 Å². The number of hydrogen-bond donors (Lipinski definition) is 0. The summed E-state index contributed by atoms with van der Waals surface area (Å²) in [5.41, 5.74) is 4.32. The van der Waals surface area contributed by atoms with E-state index in [2.05, 4.69) is 27.8 Å². The summed E-state index contributed by atoms with van der Waals surface area (Å²) in [6, 6.07) is 23.1. The highest BCUT2D eigenvalue weighted by molar-refractivity contribution is 6.36. The van der Waals surface area contributed by atoms with Crippen LogP contribution in [-0.2, 0) is 0 Å². The highest BCUT2D eigenvalue weighted by Crippen LogP contribution is 2.37. The topological polar surface area (TPSA) is 63.5 Å². The van der Waals surface area contributed by atoms with Crippen LogP contribution >= 0.6 is 23.2 Å². The average Bonchev–Trinajstić information content (AvgIpc) is 3.37. The molecule has 1 amide bonds. The number of rotatable bonds is 5. The molecule has 0 atom stereocenters. The van der Waals surface area contributed by atoms with Gasteiger partial charge in [0.25, 0.3) is 5.91 Å². The monoisotopic (exact) mass is 557 g/mol. The molecule has 3 heterocycles. The van der Waals surface area contributed by atoms with Crippen LogP contribution in [0.25, 0.3) is 27.8 Å². The first kappa shape index (κ1) is 25.2. The van der Waals surface area contributed by atoms with Gasteiger partial charge < -0.3 is 19.1 Å². The lowest BCUT2D eigenvalue weighted by molar-refractivity contribution is 0.0747. The molecule has 3 aromatic carbocycles. The predicted octanol–water partition coefficient (Wildman–Crippen LogP) is 6.37. The average molecular weight is 558 g/mol. The van der Waals surface area contributed by atoms with Crippen molar-refractivity contribution in [1.82, 2.24) is 19.4 Å². The maximum atomic E-state index is 13.2. The van der Waals surface area contributed by atoms with Crippen LogP contribution in [0.5, 0.6) is 5.75 Å². The van der Waals surface area contributed by atoms with E-state index in [0.717, 1.165) is 39.4 Å². The lowest BCUT2D eigenvalue weighted by Gasteiger charge is -2.36. The lowest BCUT2D eigenvalue weighted by Crippen LogP contribution is -2.49. The summed E-state index contributed by atoms with van der Waals surface area (Å²) in [4.78, 5) is 26.7. The molecule has 0 bridgehead atoms. The number of aromatic nitrogens is 3. The van der Waals surface area contributed by atoms with Crippen LogP contribution in [0, 0.1) is 0 Å². The molecule has 0 N–H and O–H groups in total. The highest BCUT2D eigenvalue weighted by Gasteiger charge is 2.27. The Morgan fingerprint density at radius 3 is 2.44 bits per heavy atom. The number of anilines is 1. The zero-order valence-corrected chi connectivity index (χ0v) is 22.7. The minimum Gasteiger partial charge on any atom is -0.497 e. The summed E-state index contributed by atoms with van der Waals surface area (Å²) in [6.07, 6.45) is 3.71. The predicted molar refractivity (Wildman–Crippen MR) is 155 cm³/mol. The number of methoxy groups -OCH3 is 1. The van der Waals surface area contributed by atoms with Gasteiger partial charge in [0.2, 0.25) is 0 Å². The Kier molecular flexibility index (Phi) is 6.85. The van der Waals surface area contributed by atoms with Gasteiger partial charge in [-0.15, -0.1) is 0 Å². The summed E-state index contributed by atoms with van der Waals surface area (Å²) in [6.45, 7) is 2.34. The zero-order chi connectivity index (χ0) is 26.9. The van der Waals surface area contributed by atoms with E-state index < -0.39 is 0 Å². The van der Waals surface area contributed by atoms with E-state index in [4.69, 9.17) is 37.9 Å². The third-order valence-corrected chi connectivity index (χ3v) is 7.56. The van der Waals surface area contributed by atoms with E-state index >= 15 is 0 Å². The molecule has 1 saturated heterocycles. The van der Waals surface area contributed by atoms with Gasteiger partial charge in [-0.3, -0.25) is 4.79 Å². The second-order valence-corrected chi connectivity index (χ2v) is 10.1. The molecule has 6 rings (SSSR count). The molecule has 9 heteroatoms. The second kappa shape index (κ2) is 10.6. The number of benzene rings is 3. The molecule has 0 saturated carbocycles. The number of halogens is 2. The molecule has 7 nitrogen and oxygen atoms in total. The molecule has 2 aromatic heterocycles. The minimum absolute atomic E-state index is 0.0988. The molecular formula is C30H25Cl2N5O2. The Bertz CT molecular complexity index is 1660.